The largest absolute Gasteiger partial charge is 0.321 e. The van der Waals surface area contributed by atoms with E-state index in [9.17, 15) is 13.2 Å². The Labute approximate surface area is 170 Å². The van der Waals surface area contributed by atoms with Gasteiger partial charge in [-0.3, -0.25) is 4.79 Å². The summed E-state index contributed by atoms with van der Waals surface area (Å²) in [5.41, 5.74) is 1.16. The molecular formula is C21H22N2O3S2. The predicted molar refractivity (Wildman–Crippen MR) is 113 cm³/mol. The Balaban J connectivity index is 1.71. The Kier molecular flexibility index (Phi) is 6.79. The molecule has 2 aromatic rings. The van der Waals surface area contributed by atoms with Gasteiger partial charge in [0.2, 0.25) is 10.0 Å². The van der Waals surface area contributed by atoms with Gasteiger partial charge in [0.05, 0.1) is 17.1 Å². The summed E-state index contributed by atoms with van der Waals surface area (Å²) < 4.78 is 26.4. The number of amides is 1. The van der Waals surface area contributed by atoms with E-state index in [1.54, 1.807) is 0 Å². The van der Waals surface area contributed by atoms with Crippen LogP contribution < -0.4 is 10.0 Å². The lowest BCUT2D eigenvalue weighted by molar-refractivity contribution is 0.102. The van der Waals surface area contributed by atoms with Crippen LogP contribution in [0.15, 0.2) is 58.3 Å². The number of benzene rings is 2. The highest BCUT2D eigenvalue weighted by Gasteiger charge is 2.19. The fourth-order valence-corrected chi connectivity index (χ4v) is 5.32. The minimum atomic E-state index is -3.67. The van der Waals surface area contributed by atoms with E-state index in [0.717, 1.165) is 10.6 Å². The summed E-state index contributed by atoms with van der Waals surface area (Å²) in [6.07, 6.45) is 10.0. The zero-order valence-corrected chi connectivity index (χ0v) is 17.0. The number of nitrogens with one attached hydrogen (secondary N) is 2. The molecule has 0 radical (unpaired) electrons. The molecule has 0 bridgehead atoms. The van der Waals surface area contributed by atoms with Crippen LogP contribution in [-0.2, 0) is 10.0 Å². The first-order chi connectivity index (χ1) is 13.5. The molecule has 146 valence electrons. The second-order valence-electron chi connectivity index (χ2n) is 6.53. The molecule has 0 spiro atoms. The summed E-state index contributed by atoms with van der Waals surface area (Å²) in [5, 5.41) is 3.54. The number of para-hydroxylation sites is 1. The lowest BCUT2D eigenvalue weighted by Gasteiger charge is -2.14. The molecule has 1 fully saturated rings. The Morgan fingerprint density at radius 3 is 2.46 bits per heavy atom. The molecular weight excluding hydrogens is 392 g/mol. The summed E-state index contributed by atoms with van der Waals surface area (Å²) >= 11 is 1.81. The van der Waals surface area contributed by atoms with Gasteiger partial charge < -0.3 is 5.32 Å². The topological polar surface area (TPSA) is 75.3 Å². The number of carbonyl (C=O) groups is 1. The van der Waals surface area contributed by atoms with Crippen LogP contribution in [0.4, 0.5) is 5.69 Å². The molecule has 0 saturated heterocycles. The normalized spacial score (nSPS) is 14.5. The lowest BCUT2D eigenvalue weighted by atomic mass is 10.2. The lowest BCUT2D eigenvalue weighted by Crippen LogP contribution is -2.24. The van der Waals surface area contributed by atoms with Gasteiger partial charge >= 0.3 is 0 Å². The minimum Gasteiger partial charge on any atom is -0.321 e. The highest BCUT2D eigenvalue weighted by atomic mass is 32.2. The average molecular weight is 415 g/mol. The molecule has 2 aromatic carbocycles. The first kappa shape index (κ1) is 20.5. The van der Waals surface area contributed by atoms with Gasteiger partial charge in [0.15, 0.2) is 0 Å². The van der Waals surface area contributed by atoms with E-state index in [4.69, 9.17) is 6.42 Å². The molecule has 1 amide bonds. The number of anilines is 1. The van der Waals surface area contributed by atoms with Crippen LogP contribution in [0.1, 0.15) is 36.0 Å². The number of thioether (sulfide) groups is 1. The van der Waals surface area contributed by atoms with Gasteiger partial charge in [0.25, 0.3) is 5.91 Å². The van der Waals surface area contributed by atoms with Crippen LogP contribution in [0, 0.1) is 12.3 Å². The zero-order chi connectivity index (χ0) is 20.0. The van der Waals surface area contributed by atoms with Crippen molar-refractivity contribution in [1.29, 1.82) is 0 Å². The Morgan fingerprint density at radius 1 is 1.11 bits per heavy atom. The first-order valence-electron chi connectivity index (χ1n) is 9.10. The van der Waals surface area contributed by atoms with Crippen molar-refractivity contribution in [2.24, 2.45) is 0 Å². The maximum atomic E-state index is 12.6. The zero-order valence-electron chi connectivity index (χ0n) is 15.4. The van der Waals surface area contributed by atoms with E-state index < -0.39 is 10.0 Å². The van der Waals surface area contributed by atoms with Gasteiger partial charge in [0, 0.05) is 15.7 Å². The second-order valence-corrected chi connectivity index (χ2v) is 9.64. The predicted octanol–water partition coefficient (Wildman–Crippen LogP) is 3.89. The van der Waals surface area contributed by atoms with Crippen molar-refractivity contribution in [2.45, 2.75) is 40.7 Å². The third-order valence-electron chi connectivity index (χ3n) is 4.52. The van der Waals surface area contributed by atoms with Gasteiger partial charge in [-0.2, -0.15) is 4.72 Å². The van der Waals surface area contributed by atoms with Crippen LogP contribution in [-0.4, -0.2) is 26.1 Å². The second kappa shape index (κ2) is 9.28. The highest BCUT2D eigenvalue weighted by Crippen LogP contribution is 2.38. The fraction of sp³-hybridized carbons (Fsp3) is 0.286. The molecule has 0 atom stereocenters. The highest BCUT2D eigenvalue weighted by molar-refractivity contribution is 8.00. The van der Waals surface area contributed by atoms with Crippen molar-refractivity contribution in [3.05, 3.63) is 54.1 Å². The van der Waals surface area contributed by atoms with Crippen molar-refractivity contribution in [1.82, 2.24) is 4.72 Å². The smallest absolute Gasteiger partial charge is 0.255 e. The van der Waals surface area contributed by atoms with Crippen LogP contribution in [0.25, 0.3) is 0 Å². The van der Waals surface area contributed by atoms with E-state index in [1.165, 1.54) is 49.9 Å². The number of carbonyl (C=O) groups excluding carboxylic acids is 1. The van der Waals surface area contributed by atoms with Crippen LogP contribution in [0.3, 0.4) is 0 Å². The number of sulfonamides is 1. The number of terminal acetylenes is 1. The van der Waals surface area contributed by atoms with Gasteiger partial charge in [-0.15, -0.1) is 18.2 Å². The molecule has 0 aromatic heterocycles. The molecule has 5 nitrogen and oxygen atoms in total. The van der Waals surface area contributed by atoms with Gasteiger partial charge in [-0.05, 0) is 49.2 Å². The van der Waals surface area contributed by atoms with Crippen LogP contribution >= 0.6 is 11.8 Å². The molecule has 1 aliphatic rings. The van der Waals surface area contributed by atoms with Crippen LogP contribution in [0.5, 0.6) is 0 Å². The van der Waals surface area contributed by atoms with Crippen molar-refractivity contribution in [2.75, 3.05) is 11.9 Å². The minimum absolute atomic E-state index is 0.0662. The molecule has 1 aliphatic carbocycles. The van der Waals surface area contributed by atoms with Gasteiger partial charge in [-0.25, -0.2) is 8.42 Å². The fourth-order valence-electron chi connectivity index (χ4n) is 3.06. The molecule has 3 rings (SSSR count). The van der Waals surface area contributed by atoms with Crippen molar-refractivity contribution >= 4 is 33.4 Å². The molecule has 1 saturated carbocycles. The Bertz CT molecular complexity index is 973. The number of hydrogen-bond donors (Lipinski definition) is 2. The number of hydrogen-bond acceptors (Lipinski definition) is 4. The molecule has 0 unspecified atom stereocenters. The maximum Gasteiger partial charge on any atom is 0.255 e. The Hall–Kier alpha value is -2.27. The summed E-state index contributed by atoms with van der Waals surface area (Å²) in [6, 6.07) is 13.5. The summed E-state index contributed by atoms with van der Waals surface area (Å²) in [6.45, 7) is -0.0833. The third-order valence-corrected chi connectivity index (χ3v) is 7.35. The van der Waals surface area contributed by atoms with E-state index in [2.05, 4.69) is 16.0 Å². The van der Waals surface area contributed by atoms with E-state index in [1.807, 2.05) is 36.0 Å². The quantitative estimate of drug-likeness (QED) is 0.674. The van der Waals surface area contributed by atoms with Crippen LogP contribution in [0.2, 0.25) is 0 Å². The first-order valence-corrected chi connectivity index (χ1v) is 11.5. The molecule has 0 heterocycles. The third kappa shape index (κ3) is 5.16. The standard InChI is InChI=1S/C21H22N2O3S2/c1-2-15-22-28(25,26)18-13-11-16(12-14-18)21(24)23-19-9-5-6-10-20(19)27-17-7-3-4-8-17/h1,5-6,9-14,17,22H,3-4,7-8,15H2,(H,23,24). The molecule has 2 N–H and O–H groups in total. The SMILES string of the molecule is C#CCNS(=O)(=O)c1ccc(C(=O)Nc2ccccc2SC2CCCC2)cc1. The monoisotopic (exact) mass is 414 g/mol. The Morgan fingerprint density at radius 2 is 1.79 bits per heavy atom. The van der Waals surface area contributed by atoms with Crippen molar-refractivity contribution in [3.8, 4) is 12.3 Å². The maximum absolute atomic E-state index is 12.6. The van der Waals surface area contributed by atoms with Gasteiger partial charge in [0.1, 0.15) is 0 Å². The molecule has 7 heteroatoms. The van der Waals surface area contributed by atoms with E-state index in [0.29, 0.717) is 10.8 Å². The van der Waals surface area contributed by atoms with Crippen molar-refractivity contribution in [3.63, 3.8) is 0 Å². The summed E-state index contributed by atoms with van der Waals surface area (Å²) in [5.74, 6) is 1.95. The number of rotatable bonds is 7. The van der Waals surface area contributed by atoms with E-state index in [-0.39, 0.29) is 17.3 Å². The molecule has 28 heavy (non-hydrogen) atoms. The summed E-state index contributed by atoms with van der Waals surface area (Å²) in [7, 11) is -3.67. The van der Waals surface area contributed by atoms with Crippen molar-refractivity contribution < 1.29 is 13.2 Å². The van der Waals surface area contributed by atoms with Gasteiger partial charge in [-0.1, -0.05) is 30.9 Å². The van der Waals surface area contributed by atoms with E-state index >= 15 is 0 Å². The molecule has 0 aliphatic heterocycles. The average Bonchev–Trinajstić information content (AvgIpc) is 3.21. The summed E-state index contributed by atoms with van der Waals surface area (Å²) in [4.78, 5) is 13.7.